The Bertz CT molecular complexity index is 1150. The molecule has 1 saturated heterocycles. The van der Waals surface area contributed by atoms with Gasteiger partial charge in [-0.3, -0.25) is 23.7 Å². The highest BCUT2D eigenvalue weighted by atomic mass is 35.5. The van der Waals surface area contributed by atoms with Crippen LogP contribution < -0.4 is 20.9 Å². The normalized spacial score (nSPS) is 24.8. The second-order valence-electron chi connectivity index (χ2n) is 7.91. The van der Waals surface area contributed by atoms with Crippen molar-refractivity contribution in [1.82, 2.24) is 14.6 Å². The van der Waals surface area contributed by atoms with Gasteiger partial charge < -0.3 is 14.0 Å². The molecule has 1 aliphatic heterocycles. The van der Waals surface area contributed by atoms with Crippen LogP contribution in [0, 0.1) is 0 Å². The molecule has 0 spiro atoms. The number of rotatable bonds is 10. The number of H-pyrrole nitrogens is 1. The number of aromatic nitrogens is 2. The molecule has 1 aromatic heterocycles. The van der Waals surface area contributed by atoms with Crippen LogP contribution in [0.3, 0.4) is 0 Å². The molecular weight excluding hydrogens is 489 g/mol. The number of alkyl halides is 1. The molecule has 0 saturated carbocycles. The maximum atomic E-state index is 13.5. The van der Waals surface area contributed by atoms with Crippen molar-refractivity contribution in [2.45, 2.75) is 50.4 Å². The Morgan fingerprint density at radius 1 is 1.35 bits per heavy atom. The first-order valence-corrected chi connectivity index (χ1v) is 12.5. The van der Waals surface area contributed by atoms with Gasteiger partial charge in [0, 0.05) is 12.3 Å². The molecule has 2 heterocycles. The van der Waals surface area contributed by atoms with E-state index in [1.165, 1.54) is 23.8 Å². The van der Waals surface area contributed by atoms with Crippen LogP contribution in [-0.4, -0.2) is 45.8 Å². The molecule has 2 N–H and O–H groups in total. The van der Waals surface area contributed by atoms with Crippen LogP contribution in [0.1, 0.15) is 33.4 Å². The minimum atomic E-state index is -4.07. The number of carbonyl (C=O) groups excluding carboxylic acids is 1. The molecule has 34 heavy (non-hydrogen) atoms. The predicted octanol–water partition coefficient (Wildman–Crippen LogP) is 2.57. The van der Waals surface area contributed by atoms with Crippen LogP contribution in [0.4, 0.5) is 0 Å². The van der Waals surface area contributed by atoms with E-state index in [9.17, 15) is 18.9 Å². The number of ether oxygens (including phenoxy) is 2. The summed E-state index contributed by atoms with van der Waals surface area (Å²) in [7, 11) is -4.07. The Morgan fingerprint density at radius 3 is 2.71 bits per heavy atom. The number of hydrogen-bond donors (Lipinski definition) is 2. The van der Waals surface area contributed by atoms with E-state index in [0.717, 1.165) is 0 Å². The van der Waals surface area contributed by atoms with Crippen LogP contribution in [0.5, 0.6) is 5.75 Å². The molecule has 186 valence electrons. The molecule has 1 aromatic carbocycles. The maximum absolute atomic E-state index is 13.5. The lowest BCUT2D eigenvalue weighted by Crippen LogP contribution is -2.37. The van der Waals surface area contributed by atoms with E-state index in [-0.39, 0.29) is 25.4 Å². The van der Waals surface area contributed by atoms with Gasteiger partial charge in [0.1, 0.15) is 11.8 Å². The lowest BCUT2D eigenvalue weighted by atomic mass is 10.1. The molecule has 1 fully saturated rings. The van der Waals surface area contributed by atoms with Gasteiger partial charge in [0.05, 0.1) is 24.2 Å². The van der Waals surface area contributed by atoms with Gasteiger partial charge in [-0.15, -0.1) is 11.6 Å². The Balaban J connectivity index is 1.75. The zero-order chi connectivity index (χ0) is 24.9. The van der Waals surface area contributed by atoms with Gasteiger partial charge in [0.2, 0.25) is 0 Å². The first-order chi connectivity index (χ1) is 16.0. The Kier molecular flexibility index (Phi) is 8.38. The summed E-state index contributed by atoms with van der Waals surface area (Å²) in [5.41, 5.74) is -1.22. The van der Waals surface area contributed by atoms with E-state index in [2.05, 4.69) is 10.1 Å². The van der Waals surface area contributed by atoms with Gasteiger partial charge in [0.25, 0.3) is 5.56 Å². The van der Waals surface area contributed by atoms with Crippen molar-refractivity contribution in [2.24, 2.45) is 0 Å². The number of benzene rings is 1. The molecule has 0 aliphatic carbocycles. The SMILES string of the molecule is CCOC(=O)C(C)NP(=O)(OCC1CC(C)(Cl)C(n2ccc(=O)[nH]c2=O)O1)Oc1ccccc1. The first-order valence-electron chi connectivity index (χ1n) is 10.6. The molecule has 0 bridgehead atoms. The molecule has 3 rings (SSSR count). The maximum Gasteiger partial charge on any atom is 0.459 e. The fourth-order valence-electron chi connectivity index (χ4n) is 3.43. The van der Waals surface area contributed by atoms with Gasteiger partial charge in [-0.05, 0) is 39.3 Å². The third-order valence-electron chi connectivity index (χ3n) is 4.96. The van der Waals surface area contributed by atoms with E-state index >= 15 is 0 Å². The third kappa shape index (κ3) is 6.58. The largest absolute Gasteiger partial charge is 0.465 e. The number of para-hydroxylation sites is 1. The van der Waals surface area contributed by atoms with Crippen molar-refractivity contribution in [3.63, 3.8) is 0 Å². The molecule has 13 heteroatoms. The molecule has 11 nitrogen and oxygen atoms in total. The zero-order valence-electron chi connectivity index (χ0n) is 18.9. The number of halogens is 1. The number of nitrogens with one attached hydrogen (secondary N) is 2. The van der Waals surface area contributed by atoms with Crippen LogP contribution in [0.25, 0.3) is 0 Å². The molecule has 2 aromatic rings. The van der Waals surface area contributed by atoms with Crippen molar-refractivity contribution >= 4 is 25.3 Å². The number of aromatic amines is 1. The lowest BCUT2D eigenvalue weighted by Gasteiger charge is -2.24. The molecule has 5 unspecified atom stereocenters. The lowest BCUT2D eigenvalue weighted by molar-refractivity contribution is -0.144. The van der Waals surface area contributed by atoms with Crippen molar-refractivity contribution in [3.8, 4) is 5.75 Å². The van der Waals surface area contributed by atoms with E-state index in [4.69, 9.17) is 30.1 Å². The third-order valence-corrected chi connectivity index (χ3v) is 6.94. The summed E-state index contributed by atoms with van der Waals surface area (Å²) in [6.07, 6.45) is -0.0442. The van der Waals surface area contributed by atoms with Gasteiger partial charge in [-0.2, -0.15) is 5.09 Å². The average molecular weight is 516 g/mol. The zero-order valence-corrected chi connectivity index (χ0v) is 20.6. The number of esters is 1. The molecule has 1 aliphatic rings. The fourth-order valence-corrected chi connectivity index (χ4v) is 5.28. The quantitative estimate of drug-likeness (QED) is 0.278. The summed E-state index contributed by atoms with van der Waals surface area (Å²) in [4.78, 5) is 36.8. The summed E-state index contributed by atoms with van der Waals surface area (Å²) in [5.74, 6) is -0.354. The number of nitrogens with zero attached hydrogens (tertiary/aromatic N) is 1. The highest BCUT2D eigenvalue weighted by Gasteiger charge is 2.46. The summed E-state index contributed by atoms with van der Waals surface area (Å²) >= 11 is 6.61. The van der Waals surface area contributed by atoms with Gasteiger partial charge in [0.15, 0.2) is 6.23 Å². The summed E-state index contributed by atoms with van der Waals surface area (Å²) in [6.45, 7) is 4.75. The molecule has 5 atom stereocenters. The Morgan fingerprint density at radius 2 is 2.06 bits per heavy atom. The molecule has 0 radical (unpaired) electrons. The van der Waals surface area contributed by atoms with E-state index in [1.807, 2.05) is 0 Å². The van der Waals surface area contributed by atoms with Crippen LogP contribution in [0.15, 0.2) is 52.2 Å². The second-order valence-corrected chi connectivity index (χ2v) is 10.5. The highest BCUT2D eigenvalue weighted by molar-refractivity contribution is 7.52. The summed E-state index contributed by atoms with van der Waals surface area (Å²) in [5, 5.41) is 2.58. The van der Waals surface area contributed by atoms with Gasteiger partial charge >= 0.3 is 19.4 Å². The van der Waals surface area contributed by atoms with Crippen LogP contribution >= 0.6 is 19.3 Å². The monoisotopic (exact) mass is 515 g/mol. The van der Waals surface area contributed by atoms with Crippen molar-refractivity contribution in [3.05, 3.63) is 63.4 Å². The van der Waals surface area contributed by atoms with E-state index in [1.54, 1.807) is 44.2 Å². The van der Waals surface area contributed by atoms with Crippen molar-refractivity contribution < 1.29 is 27.9 Å². The topological polar surface area (TPSA) is 138 Å². The Labute approximate surface area is 200 Å². The fraction of sp³-hybridized carbons (Fsp3) is 0.476. The van der Waals surface area contributed by atoms with Crippen molar-refractivity contribution in [2.75, 3.05) is 13.2 Å². The van der Waals surface area contributed by atoms with Crippen LogP contribution in [0.2, 0.25) is 0 Å². The number of hydrogen-bond acceptors (Lipinski definition) is 8. The number of carbonyl (C=O) groups is 1. The molecular formula is C21H27ClN3O8P. The predicted molar refractivity (Wildman–Crippen MR) is 124 cm³/mol. The van der Waals surface area contributed by atoms with Crippen molar-refractivity contribution in [1.29, 1.82) is 0 Å². The second kappa shape index (κ2) is 10.9. The first kappa shape index (κ1) is 26.2. The molecule has 0 amide bonds. The minimum Gasteiger partial charge on any atom is -0.465 e. The van der Waals surface area contributed by atoms with E-state index in [0.29, 0.717) is 0 Å². The standard InChI is InChI=1S/C21H27ClN3O8P/c1-4-30-18(27)14(2)24-34(29,33-15-8-6-5-7-9-15)31-13-16-12-21(3,22)19(32-16)25-11-10-17(26)23-20(25)28/h5-11,14,16,19H,4,12-13H2,1-3H3,(H,24,29)(H,23,26,28). The minimum absolute atomic E-state index is 0.158. The van der Waals surface area contributed by atoms with Gasteiger partial charge in [-0.1, -0.05) is 18.2 Å². The smallest absolute Gasteiger partial charge is 0.459 e. The van der Waals surface area contributed by atoms with E-state index < -0.39 is 48.2 Å². The van der Waals surface area contributed by atoms with Gasteiger partial charge in [-0.25, -0.2) is 9.36 Å². The Hall–Kier alpha value is -2.43. The summed E-state index contributed by atoms with van der Waals surface area (Å²) in [6, 6.07) is 8.54. The average Bonchev–Trinajstić information content (AvgIpc) is 3.07. The summed E-state index contributed by atoms with van der Waals surface area (Å²) < 4.78 is 36.8. The highest BCUT2D eigenvalue weighted by Crippen LogP contribution is 2.47. The van der Waals surface area contributed by atoms with Crippen LogP contribution in [-0.2, 0) is 23.4 Å².